The number of fused-ring (bicyclic) bond motifs is 4. The van der Waals surface area contributed by atoms with Gasteiger partial charge in [0.2, 0.25) is 0 Å². The highest BCUT2D eigenvalue weighted by Crippen LogP contribution is 2.49. The molecule has 3 heterocycles. The molecule has 5 nitrogen and oxygen atoms in total. The minimum atomic E-state index is -0.117. The topological polar surface area (TPSA) is 33.5 Å². The molecule has 1 aliphatic heterocycles. The van der Waals surface area contributed by atoms with Gasteiger partial charge < -0.3 is 14.5 Å². The lowest BCUT2D eigenvalue weighted by Gasteiger charge is -2.29. The second kappa shape index (κ2) is 15.6. The summed E-state index contributed by atoms with van der Waals surface area (Å²) in [5.41, 5.74) is 13.5. The molecule has 0 saturated carbocycles. The third kappa shape index (κ3) is 8.36. The van der Waals surface area contributed by atoms with Crippen LogP contribution in [0.3, 0.4) is 0 Å². The number of hydrogen-bond donors (Lipinski definition) is 0. The smallest absolute Gasteiger partial charge is 0.137 e. The van der Waals surface area contributed by atoms with Crippen molar-refractivity contribution >= 4 is 44.6 Å². The number of anilines is 4. The second-order valence-electron chi connectivity index (χ2n) is 22.5. The van der Waals surface area contributed by atoms with E-state index in [2.05, 4.69) is 227 Å². The fraction of sp³-hybridized carbons (Fsp3) is 0.397. The Balaban J connectivity index is 1.26. The summed E-state index contributed by atoms with van der Waals surface area (Å²) in [6.07, 6.45) is 4.15. The van der Waals surface area contributed by atoms with Gasteiger partial charge in [0, 0.05) is 40.5 Å². The molecule has 0 fully saturated rings. The van der Waals surface area contributed by atoms with Gasteiger partial charge in [-0.15, -0.1) is 0 Å². The van der Waals surface area contributed by atoms with Crippen molar-refractivity contribution in [1.29, 1.82) is 0 Å². The van der Waals surface area contributed by atoms with E-state index >= 15 is 0 Å². The van der Waals surface area contributed by atoms with E-state index in [1.54, 1.807) is 0 Å². The summed E-state index contributed by atoms with van der Waals surface area (Å²) >= 11 is 0. The summed E-state index contributed by atoms with van der Waals surface area (Å²) in [5.74, 6) is 2.52. The van der Waals surface area contributed by atoms with Crippen LogP contribution < -0.4 is 14.5 Å². The summed E-state index contributed by atoms with van der Waals surface area (Å²) in [7, 11) is 0. The van der Waals surface area contributed by atoms with Crippen molar-refractivity contribution in [3.63, 3.8) is 0 Å². The molecule has 7 aromatic rings. The van der Waals surface area contributed by atoms with Crippen molar-refractivity contribution in [2.24, 2.45) is 0 Å². The van der Waals surface area contributed by atoms with E-state index in [1.807, 2.05) is 6.20 Å². The highest BCUT2D eigenvalue weighted by molar-refractivity contribution is 6.10. The van der Waals surface area contributed by atoms with E-state index in [1.165, 1.54) is 55.7 Å². The van der Waals surface area contributed by atoms with Crippen molar-refractivity contribution in [3.05, 3.63) is 143 Å². The summed E-state index contributed by atoms with van der Waals surface area (Å²) < 4.78 is 9.36. The monoisotopic (exact) mass is 839 g/mol. The van der Waals surface area contributed by atoms with Crippen LogP contribution in [-0.2, 0) is 27.1 Å². The van der Waals surface area contributed by atoms with Gasteiger partial charge in [-0.2, -0.15) is 0 Å². The Bertz CT molecular complexity index is 2830. The van der Waals surface area contributed by atoms with Crippen LogP contribution in [0.5, 0.6) is 11.5 Å². The molecule has 328 valence electrons. The highest BCUT2D eigenvalue weighted by atomic mass is 16.5. The predicted octanol–water partition coefficient (Wildman–Crippen LogP) is 16.5. The first-order chi connectivity index (χ1) is 29.5. The van der Waals surface area contributed by atoms with Crippen LogP contribution in [0, 0.1) is 0 Å². The Hall–Kier alpha value is -5.55. The largest absolute Gasteiger partial charge is 0.457 e. The average Bonchev–Trinajstić information content (AvgIpc) is 3.77. The molecule has 0 bridgehead atoms. The van der Waals surface area contributed by atoms with Gasteiger partial charge in [0.25, 0.3) is 0 Å². The van der Waals surface area contributed by atoms with Gasteiger partial charge in [-0.05, 0) is 141 Å². The number of benzene rings is 5. The van der Waals surface area contributed by atoms with Gasteiger partial charge in [-0.25, -0.2) is 4.98 Å². The average molecular weight is 839 g/mol. The molecule has 2 aromatic heterocycles. The maximum Gasteiger partial charge on any atom is 0.137 e. The van der Waals surface area contributed by atoms with E-state index < -0.39 is 0 Å². The summed E-state index contributed by atoms with van der Waals surface area (Å²) in [6, 6.07) is 41.0. The van der Waals surface area contributed by atoms with Gasteiger partial charge in [0.15, 0.2) is 0 Å². The number of hydrogen-bond acceptors (Lipinski definition) is 4. The first-order valence-electron chi connectivity index (χ1n) is 23.2. The van der Waals surface area contributed by atoms with Gasteiger partial charge in [0.1, 0.15) is 24.0 Å². The Kier molecular flexibility index (Phi) is 10.9. The maximum atomic E-state index is 7.05. The molecule has 5 aromatic carbocycles. The first-order valence-corrected chi connectivity index (χ1v) is 23.2. The molecule has 0 amide bonds. The fourth-order valence-electron chi connectivity index (χ4n) is 9.03. The van der Waals surface area contributed by atoms with E-state index in [4.69, 9.17) is 9.72 Å². The van der Waals surface area contributed by atoms with Crippen molar-refractivity contribution in [2.45, 2.75) is 144 Å². The molecule has 0 saturated heterocycles. The molecular formula is C58H70N4O. The van der Waals surface area contributed by atoms with Crippen LogP contribution >= 0.6 is 0 Å². The lowest BCUT2D eigenvalue weighted by atomic mass is 9.78. The van der Waals surface area contributed by atoms with Gasteiger partial charge in [0.05, 0.1) is 22.4 Å². The summed E-state index contributed by atoms with van der Waals surface area (Å²) in [6.45, 7) is 35.1. The van der Waals surface area contributed by atoms with Crippen LogP contribution in [-0.4, -0.2) is 16.2 Å². The van der Waals surface area contributed by atoms with Crippen LogP contribution in [0.2, 0.25) is 0 Å². The van der Waals surface area contributed by atoms with Gasteiger partial charge in [-0.1, -0.05) is 128 Å². The number of nitrogens with zero attached hydrogens (tertiary/aromatic N) is 4. The number of pyridine rings is 1. The summed E-state index contributed by atoms with van der Waals surface area (Å²) in [4.78, 5) is 9.95. The van der Waals surface area contributed by atoms with E-state index in [0.29, 0.717) is 6.67 Å². The van der Waals surface area contributed by atoms with E-state index in [-0.39, 0.29) is 27.1 Å². The molecule has 0 spiro atoms. The van der Waals surface area contributed by atoms with E-state index in [9.17, 15) is 0 Å². The van der Waals surface area contributed by atoms with Crippen molar-refractivity contribution in [1.82, 2.24) is 9.55 Å². The Morgan fingerprint density at radius 2 is 1.10 bits per heavy atom. The third-order valence-corrected chi connectivity index (χ3v) is 13.9. The third-order valence-electron chi connectivity index (χ3n) is 13.9. The zero-order valence-electron chi connectivity index (χ0n) is 40.8. The van der Waals surface area contributed by atoms with E-state index in [0.717, 1.165) is 46.9 Å². The lowest BCUT2D eigenvalue weighted by molar-refractivity contribution is 0.439. The van der Waals surface area contributed by atoms with Crippen LogP contribution in [0.25, 0.3) is 27.6 Å². The molecule has 8 rings (SSSR count). The molecule has 5 heteroatoms. The highest BCUT2D eigenvalue weighted by Gasteiger charge is 2.32. The molecule has 0 radical (unpaired) electrons. The first kappa shape index (κ1) is 44.1. The molecule has 0 unspecified atom stereocenters. The minimum Gasteiger partial charge on any atom is -0.457 e. The zero-order chi connectivity index (χ0) is 45.4. The van der Waals surface area contributed by atoms with Crippen LogP contribution in [0.15, 0.2) is 115 Å². The molecule has 0 aliphatic carbocycles. The Morgan fingerprint density at radius 3 is 1.76 bits per heavy atom. The van der Waals surface area contributed by atoms with Crippen LogP contribution in [0.4, 0.5) is 22.7 Å². The quantitative estimate of drug-likeness (QED) is 0.153. The SMILES string of the molecule is CCC(C)(CC)c1cccc(N2CN(c3cc(Oc4ccc5c6cc(C(C)(C)C)ccc6n(-c6cc(C(C)(C)C)ccn6)c5c4)cc(C(C)(C)C)c3)c3cc(C(C)(C)C)ccc32)c1. The molecular weight excluding hydrogens is 769 g/mol. The van der Waals surface area contributed by atoms with Crippen molar-refractivity contribution < 1.29 is 4.74 Å². The number of rotatable bonds is 8. The lowest BCUT2D eigenvalue weighted by Crippen LogP contribution is -2.25. The molecule has 0 N–H and O–H groups in total. The van der Waals surface area contributed by atoms with Crippen molar-refractivity contribution in [3.8, 4) is 17.3 Å². The number of ether oxygens (including phenoxy) is 1. The Labute approximate surface area is 378 Å². The van der Waals surface area contributed by atoms with Gasteiger partial charge in [-0.3, -0.25) is 4.57 Å². The standard InChI is InChI=1S/C58H70N4O/c1-16-58(15,17-2)41-19-18-20-43(29-41)60-37-61(52-33-39(55(6,7)8)22-26-50(52)60)44-30-42(57(12,13)14)31-46(35-44)63-45-23-24-47-48-32-38(54(3,4)5)21-25-49(48)62(51(47)36-45)53-34-40(27-28-59-53)56(9,10)11/h18-36H,16-17,37H2,1-15H3. The predicted molar refractivity (Wildman–Crippen MR) is 270 cm³/mol. The molecule has 0 atom stereocenters. The number of aromatic nitrogens is 2. The second-order valence-corrected chi connectivity index (χ2v) is 22.5. The van der Waals surface area contributed by atoms with Crippen LogP contribution in [0.1, 0.15) is 145 Å². The summed E-state index contributed by atoms with van der Waals surface area (Å²) in [5, 5.41) is 2.40. The molecule has 63 heavy (non-hydrogen) atoms. The Morgan fingerprint density at radius 1 is 0.476 bits per heavy atom. The van der Waals surface area contributed by atoms with Gasteiger partial charge >= 0.3 is 0 Å². The maximum absolute atomic E-state index is 7.05. The minimum absolute atomic E-state index is 0.00135. The van der Waals surface area contributed by atoms with Crippen molar-refractivity contribution in [2.75, 3.05) is 16.5 Å². The normalized spacial score (nSPS) is 14.0. The fourth-order valence-corrected chi connectivity index (χ4v) is 9.03. The molecule has 1 aliphatic rings. The zero-order valence-corrected chi connectivity index (χ0v) is 40.8.